The van der Waals surface area contributed by atoms with Crippen LogP contribution in [-0.2, 0) is 10.2 Å². The number of anilines is 2. The average molecular weight is 613 g/mol. The highest BCUT2D eigenvalue weighted by atomic mass is 19.1. The maximum Gasteiger partial charge on any atom is 0.251 e. The summed E-state index contributed by atoms with van der Waals surface area (Å²) in [6, 6.07) is 11.7. The van der Waals surface area contributed by atoms with Crippen molar-refractivity contribution < 1.29 is 13.9 Å². The number of halogens is 1. The first-order valence-corrected chi connectivity index (χ1v) is 16.8. The quantitative estimate of drug-likeness (QED) is 0.299. The van der Waals surface area contributed by atoms with Gasteiger partial charge in [-0.05, 0) is 137 Å². The Morgan fingerprint density at radius 3 is 2.56 bits per heavy atom. The zero-order chi connectivity index (χ0) is 31.9. The SMILES string of the molecule is CCN(c1cc(-c2ccc3c(c2)C2(CC=C(F)CC2)C(C)N3)cc(C(=O)NCC2=C(C)C=C(C)NC2C)c1C)C1CCOCC1. The average Bonchev–Trinajstić information content (AvgIpc) is 3.29. The van der Waals surface area contributed by atoms with Crippen LogP contribution in [0.5, 0.6) is 0 Å². The van der Waals surface area contributed by atoms with Gasteiger partial charge in [0.2, 0.25) is 0 Å². The lowest BCUT2D eigenvalue weighted by atomic mass is 9.68. The van der Waals surface area contributed by atoms with E-state index in [2.05, 4.69) is 98.8 Å². The van der Waals surface area contributed by atoms with Crippen molar-refractivity contribution >= 4 is 17.3 Å². The number of ether oxygens (including phenoxy) is 1. The number of nitrogens with zero attached hydrogens (tertiary/aromatic N) is 1. The largest absolute Gasteiger partial charge is 0.382 e. The third kappa shape index (κ3) is 5.92. The molecule has 1 amide bonds. The van der Waals surface area contributed by atoms with Crippen molar-refractivity contribution in [2.75, 3.05) is 36.5 Å². The molecule has 3 atom stereocenters. The molecule has 7 heteroatoms. The van der Waals surface area contributed by atoms with Gasteiger partial charge in [0, 0.05) is 72.5 Å². The zero-order valence-electron chi connectivity index (χ0n) is 27.8. The molecule has 0 bridgehead atoms. The van der Waals surface area contributed by atoms with Crippen LogP contribution in [0.15, 0.2) is 65.2 Å². The molecule has 6 rings (SSSR count). The summed E-state index contributed by atoms with van der Waals surface area (Å²) >= 11 is 0. The van der Waals surface area contributed by atoms with E-state index in [1.807, 2.05) is 0 Å². The van der Waals surface area contributed by atoms with Crippen LogP contribution in [0, 0.1) is 6.92 Å². The first-order chi connectivity index (χ1) is 21.6. The molecular weight excluding hydrogens is 563 g/mol. The topological polar surface area (TPSA) is 65.6 Å². The van der Waals surface area contributed by atoms with Gasteiger partial charge >= 0.3 is 0 Å². The molecule has 3 unspecified atom stereocenters. The fourth-order valence-electron chi connectivity index (χ4n) is 8.16. The number of carbonyl (C=O) groups is 1. The van der Waals surface area contributed by atoms with E-state index in [0.29, 0.717) is 31.0 Å². The van der Waals surface area contributed by atoms with Gasteiger partial charge in [0.25, 0.3) is 5.91 Å². The summed E-state index contributed by atoms with van der Waals surface area (Å²) in [6.07, 6.45) is 7.83. The predicted molar refractivity (Wildman–Crippen MR) is 183 cm³/mol. The van der Waals surface area contributed by atoms with Crippen molar-refractivity contribution in [2.45, 2.75) is 97.2 Å². The molecule has 3 heterocycles. The molecule has 0 saturated carbocycles. The van der Waals surface area contributed by atoms with Crippen molar-refractivity contribution in [1.29, 1.82) is 0 Å². The molecule has 4 aliphatic rings. The number of nitrogens with one attached hydrogen (secondary N) is 3. The van der Waals surface area contributed by atoms with Gasteiger partial charge in [0.15, 0.2) is 0 Å². The first kappa shape index (κ1) is 31.4. The summed E-state index contributed by atoms with van der Waals surface area (Å²) in [7, 11) is 0. The molecule has 1 spiro atoms. The summed E-state index contributed by atoms with van der Waals surface area (Å²) in [5.41, 5.74) is 10.7. The minimum atomic E-state index is -0.130. The van der Waals surface area contributed by atoms with Crippen LogP contribution in [0.1, 0.15) is 88.2 Å². The lowest BCUT2D eigenvalue weighted by Gasteiger charge is -2.37. The number of rotatable bonds is 7. The van der Waals surface area contributed by atoms with E-state index in [9.17, 15) is 9.18 Å². The molecule has 2 aromatic carbocycles. The van der Waals surface area contributed by atoms with Crippen LogP contribution in [0.4, 0.5) is 15.8 Å². The molecule has 45 heavy (non-hydrogen) atoms. The summed E-state index contributed by atoms with van der Waals surface area (Å²) in [5, 5.41) is 10.4. The monoisotopic (exact) mass is 612 g/mol. The molecule has 1 fully saturated rings. The summed E-state index contributed by atoms with van der Waals surface area (Å²) in [6.45, 7) is 15.7. The second kappa shape index (κ2) is 12.7. The van der Waals surface area contributed by atoms with E-state index in [0.717, 1.165) is 72.8 Å². The summed E-state index contributed by atoms with van der Waals surface area (Å²) in [5.74, 6) is -0.0576. The predicted octanol–water partition coefficient (Wildman–Crippen LogP) is 7.70. The highest BCUT2D eigenvalue weighted by Crippen LogP contribution is 2.51. The van der Waals surface area contributed by atoms with Crippen molar-refractivity contribution in [3.63, 3.8) is 0 Å². The number of dihydropyridines is 1. The van der Waals surface area contributed by atoms with Crippen molar-refractivity contribution in [3.05, 3.63) is 81.8 Å². The van der Waals surface area contributed by atoms with E-state index in [1.54, 1.807) is 6.08 Å². The molecule has 1 saturated heterocycles. The molecule has 3 N–H and O–H groups in total. The Labute approximate surface area is 268 Å². The molecule has 3 aliphatic heterocycles. The second-order valence-corrected chi connectivity index (χ2v) is 13.5. The number of amides is 1. The Bertz CT molecular complexity index is 1570. The maximum absolute atomic E-state index is 14.2. The number of hydrogen-bond donors (Lipinski definition) is 3. The van der Waals surface area contributed by atoms with Crippen LogP contribution >= 0.6 is 0 Å². The van der Waals surface area contributed by atoms with Gasteiger partial charge in [-0.25, -0.2) is 4.39 Å². The zero-order valence-corrected chi connectivity index (χ0v) is 27.8. The normalized spacial score (nSPS) is 24.9. The Balaban J connectivity index is 1.40. The standard InChI is InChI=1S/C38H49FN4O2/c1-7-43(31-12-16-45-17-13-31)36-21-29(19-32(25(36)4)37(44)40-22-33-23(2)18-24(3)41-26(33)5)28-8-9-35-34(20-28)38(27(6)42-35)14-10-30(39)11-15-38/h8-10,18-21,26-27,31,41-42H,7,11-17,22H2,1-6H3,(H,40,44). The fraction of sp³-hybridized carbons (Fsp3) is 0.500. The third-order valence-electron chi connectivity index (χ3n) is 10.8. The van der Waals surface area contributed by atoms with E-state index in [-0.39, 0.29) is 29.2 Å². The van der Waals surface area contributed by atoms with Gasteiger partial charge in [0.05, 0.1) is 5.83 Å². The van der Waals surface area contributed by atoms with Crippen LogP contribution in [-0.4, -0.2) is 50.3 Å². The summed E-state index contributed by atoms with van der Waals surface area (Å²) < 4.78 is 19.9. The lowest BCUT2D eigenvalue weighted by Crippen LogP contribution is -2.40. The molecule has 0 radical (unpaired) electrons. The minimum Gasteiger partial charge on any atom is -0.382 e. The Morgan fingerprint density at radius 1 is 1.09 bits per heavy atom. The van der Waals surface area contributed by atoms with Crippen LogP contribution < -0.4 is 20.9 Å². The van der Waals surface area contributed by atoms with Gasteiger partial charge in [-0.15, -0.1) is 0 Å². The van der Waals surface area contributed by atoms with Crippen molar-refractivity contribution in [1.82, 2.24) is 10.6 Å². The number of allylic oxidation sites excluding steroid dienone is 5. The van der Waals surface area contributed by atoms with Gasteiger partial charge in [-0.3, -0.25) is 4.79 Å². The highest BCUT2D eigenvalue weighted by Gasteiger charge is 2.45. The molecular formula is C38H49FN4O2. The van der Waals surface area contributed by atoms with Gasteiger partial charge in [-0.2, -0.15) is 0 Å². The van der Waals surface area contributed by atoms with Gasteiger partial charge < -0.3 is 25.6 Å². The second-order valence-electron chi connectivity index (χ2n) is 13.5. The first-order valence-electron chi connectivity index (χ1n) is 16.8. The van der Waals surface area contributed by atoms with E-state index in [4.69, 9.17) is 4.74 Å². The number of fused-ring (bicyclic) bond motifs is 2. The van der Waals surface area contributed by atoms with Crippen molar-refractivity contribution in [2.24, 2.45) is 0 Å². The van der Waals surface area contributed by atoms with Gasteiger partial charge in [0.1, 0.15) is 0 Å². The Kier molecular flexibility index (Phi) is 8.84. The molecule has 0 aromatic heterocycles. The van der Waals surface area contributed by atoms with E-state index < -0.39 is 0 Å². The van der Waals surface area contributed by atoms with E-state index >= 15 is 0 Å². The summed E-state index contributed by atoms with van der Waals surface area (Å²) in [4.78, 5) is 16.5. The number of hydrogen-bond acceptors (Lipinski definition) is 5. The van der Waals surface area contributed by atoms with Crippen LogP contribution in [0.25, 0.3) is 11.1 Å². The van der Waals surface area contributed by atoms with Crippen molar-refractivity contribution in [3.8, 4) is 11.1 Å². The maximum atomic E-state index is 14.2. The number of carbonyl (C=O) groups excluding carboxylic acids is 1. The number of benzene rings is 2. The molecule has 240 valence electrons. The third-order valence-corrected chi connectivity index (χ3v) is 10.8. The molecule has 1 aliphatic carbocycles. The Morgan fingerprint density at radius 2 is 1.87 bits per heavy atom. The molecule has 2 aromatic rings. The van der Waals surface area contributed by atoms with Gasteiger partial charge in [-0.1, -0.05) is 12.1 Å². The highest BCUT2D eigenvalue weighted by molar-refractivity contribution is 5.99. The van der Waals surface area contributed by atoms with Crippen LogP contribution in [0.2, 0.25) is 0 Å². The minimum absolute atomic E-state index is 0.000421. The van der Waals surface area contributed by atoms with E-state index in [1.165, 1.54) is 16.7 Å². The fourth-order valence-corrected chi connectivity index (χ4v) is 8.16. The Hall–Kier alpha value is -3.58. The van der Waals surface area contributed by atoms with Crippen LogP contribution in [0.3, 0.4) is 0 Å². The lowest BCUT2D eigenvalue weighted by molar-refractivity contribution is 0.0846. The molecule has 6 nitrogen and oxygen atoms in total. The smallest absolute Gasteiger partial charge is 0.251 e.